The number of hydrogen-bond acceptors (Lipinski definition) is 5. The SMILES string of the molecule is COc1ccc(C)cc1NC1=C(c2ccc(C)c(C)c2)C(=O)N(c2ccc(N(C)C)cc2)C1=O. The average Bonchev–Trinajstić information content (AvgIpc) is 3.05. The fourth-order valence-corrected chi connectivity index (χ4v) is 4.00. The minimum Gasteiger partial charge on any atom is -0.495 e. The normalized spacial score (nSPS) is 13.5. The molecule has 0 saturated heterocycles. The van der Waals surface area contributed by atoms with Gasteiger partial charge >= 0.3 is 0 Å². The van der Waals surface area contributed by atoms with Gasteiger partial charge in [0.15, 0.2) is 0 Å². The van der Waals surface area contributed by atoms with Crippen molar-refractivity contribution in [2.75, 3.05) is 36.3 Å². The summed E-state index contributed by atoms with van der Waals surface area (Å²) in [5.41, 5.74) is 6.57. The molecule has 174 valence electrons. The van der Waals surface area contributed by atoms with E-state index in [1.54, 1.807) is 19.2 Å². The van der Waals surface area contributed by atoms with E-state index in [0.29, 0.717) is 28.3 Å². The summed E-state index contributed by atoms with van der Waals surface area (Å²) in [5.74, 6) is -0.175. The highest BCUT2D eigenvalue weighted by Crippen LogP contribution is 2.36. The fourth-order valence-electron chi connectivity index (χ4n) is 4.00. The molecule has 3 aromatic rings. The van der Waals surface area contributed by atoms with Gasteiger partial charge in [-0.15, -0.1) is 0 Å². The van der Waals surface area contributed by atoms with Crippen LogP contribution in [0.2, 0.25) is 0 Å². The van der Waals surface area contributed by atoms with Crippen LogP contribution in [0.5, 0.6) is 5.75 Å². The molecule has 0 saturated carbocycles. The maximum absolute atomic E-state index is 13.7. The predicted octanol–water partition coefficient (Wildman–Crippen LogP) is 5.08. The third-order valence-corrected chi connectivity index (χ3v) is 6.12. The third kappa shape index (κ3) is 4.15. The van der Waals surface area contributed by atoms with Gasteiger partial charge in [-0.3, -0.25) is 9.59 Å². The summed E-state index contributed by atoms with van der Waals surface area (Å²) < 4.78 is 5.50. The number of carbonyl (C=O) groups excluding carboxylic acids is 2. The zero-order valence-corrected chi connectivity index (χ0v) is 20.4. The fraction of sp³-hybridized carbons (Fsp3) is 0.214. The van der Waals surface area contributed by atoms with E-state index in [1.807, 2.05) is 88.3 Å². The van der Waals surface area contributed by atoms with Crippen LogP contribution in [-0.4, -0.2) is 33.0 Å². The van der Waals surface area contributed by atoms with E-state index in [-0.39, 0.29) is 11.6 Å². The lowest BCUT2D eigenvalue weighted by atomic mass is 9.99. The van der Waals surface area contributed by atoms with Crippen molar-refractivity contribution in [2.24, 2.45) is 0 Å². The van der Waals surface area contributed by atoms with Gasteiger partial charge in [0.25, 0.3) is 11.8 Å². The van der Waals surface area contributed by atoms with Gasteiger partial charge in [-0.05, 0) is 79.4 Å². The molecule has 34 heavy (non-hydrogen) atoms. The number of rotatable bonds is 6. The lowest BCUT2D eigenvalue weighted by molar-refractivity contribution is -0.120. The molecule has 4 rings (SSSR count). The van der Waals surface area contributed by atoms with E-state index in [2.05, 4.69) is 5.32 Å². The highest BCUT2D eigenvalue weighted by atomic mass is 16.5. The molecule has 0 spiro atoms. The van der Waals surface area contributed by atoms with Crippen LogP contribution in [0.1, 0.15) is 22.3 Å². The number of aryl methyl sites for hydroxylation is 3. The number of nitrogens with one attached hydrogen (secondary N) is 1. The van der Waals surface area contributed by atoms with Gasteiger partial charge in [0.1, 0.15) is 11.4 Å². The maximum Gasteiger partial charge on any atom is 0.282 e. The first kappa shape index (κ1) is 23.1. The molecule has 2 amide bonds. The molecule has 3 aromatic carbocycles. The van der Waals surface area contributed by atoms with Crippen molar-refractivity contribution in [1.29, 1.82) is 0 Å². The number of hydrogen-bond donors (Lipinski definition) is 1. The summed E-state index contributed by atoms with van der Waals surface area (Å²) in [6.45, 7) is 5.98. The highest BCUT2D eigenvalue weighted by Gasteiger charge is 2.40. The lowest BCUT2D eigenvalue weighted by Gasteiger charge is -2.18. The number of methoxy groups -OCH3 is 1. The summed E-state index contributed by atoms with van der Waals surface area (Å²) in [7, 11) is 5.46. The van der Waals surface area contributed by atoms with Gasteiger partial charge in [0.05, 0.1) is 24.1 Å². The van der Waals surface area contributed by atoms with E-state index >= 15 is 0 Å². The maximum atomic E-state index is 13.7. The van der Waals surface area contributed by atoms with Crippen molar-refractivity contribution in [3.05, 3.63) is 88.6 Å². The average molecular weight is 456 g/mol. The third-order valence-electron chi connectivity index (χ3n) is 6.12. The molecule has 0 aliphatic carbocycles. The van der Waals surface area contributed by atoms with Crippen molar-refractivity contribution in [3.8, 4) is 5.75 Å². The molecule has 0 bridgehead atoms. The van der Waals surface area contributed by atoms with Gasteiger partial charge in [0, 0.05) is 19.8 Å². The van der Waals surface area contributed by atoms with Gasteiger partial charge in [-0.2, -0.15) is 0 Å². The van der Waals surface area contributed by atoms with Crippen molar-refractivity contribution in [2.45, 2.75) is 20.8 Å². The highest BCUT2D eigenvalue weighted by molar-refractivity contribution is 6.46. The molecule has 0 unspecified atom stereocenters. The molecule has 6 heteroatoms. The van der Waals surface area contributed by atoms with Crippen LogP contribution in [0.3, 0.4) is 0 Å². The zero-order valence-electron chi connectivity index (χ0n) is 20.4. The topological polar surface area (TPSA) is 61.9 Å². The van der Waals surface area contributed by atoms with E-state index in [9.17, 15) is 9.59 Å². The largest absolute Gasteiger partial charge is 0.495 e. The first-order valence-corrected chi connectivity index (χ1v) is 11.1. The number of anilines is 3. The van der Waals surface area contributed by atoms with E-state index < -0.39 is 5.91 Å². The van der Waals surface area contributed by atoms with Gasteiger partial charge in [0.2, 0.25) is 0 Å². The Labute approximate surface area is 200 Å². The van der Waals surface area contributed by atoms with Gasteiger partial charge in [-0.1, -0.05) is 24.3 Å². The molecule has 0 aromatic heterocycles. The Bertz CT molecular complexity index is 1310. The molecule has 1 heterocycles. The summed E-state index contributed by atoms with van der Waals surface area (Å²) >= 11 is 0. The Morgan fingerprint density at radius 1 is 0.824 bits per heavy atom. The Kier molecular flexibility index (Phi) is 6.16. The second-order valence-electron chi connectivity index (χ2n) is 8.73. The smallest absolute Gasteiger partial charge is 0.282 e. The van der Waals surface area contributed by atoms with Gasteiger partial charge < -0.3 is 15.0 Å². The lowest BCUT2D eigenvalue weighted by Crippen LogP contribution is -2.32. The van der Waals surface area contributed by atoms with Crippen molar-refractivity contribution in [1.82, 2.24) is 0 Å². The van der Waals surface area contributed by atoms with Crippen molar-refractivity contribution < 1.29 is 14.3 Å². The predicted molar refractivity (Wildman–Crippen MR) is 137 cm³/mol. The Morgan fingerprint density at radius 2 is 1.53 bits per heavy atom. The molecule has 1 N–H and O–H groups in total. The number of carbonyl (C=O) groups is 2. The second-order valence-corrected chi connectivity index (χ2v) is 8.73. The van der Waals surface area contributed by atoms with Crippen LogP contribution in [0.15, 0.2) is 66.4 Å². The summed E-state index contributed by atoms with van der Waals surface area (Å²) in [5, 5.41) is 3.23. The Morgan fingerprint density at radius 3 is 2.15 bits per heavy atom. The molecular weight excluding hydrogens is 426 g/mol. The number of ether oxygens (including phenoxy) is 1. The van der Waals surface area contributed by atoms with E-state index in [4.69, 9.17) is 4.74 Å². The van der Waals surface area contributed by atoms with Crippen LogP contribution in [0.25, 0.3) is 5.57 Å². The van der Waals surface area contributed by atoms with Crippen LogP contribution < -0.4 is 19.9 Å². The van der Waals surface area contributed by atoms with Gasteiger partial charge in [-0.25, -0.2) is 4.90 Å². The summed E-state index contributed by atoms with van der Waals surface area (Å²) in [4.78, 5) is 30.6. The standard InChI is InChI=1S/C28H29N3O3/c1-17-7-14-24(34-6)23(15-17)29-26-25(20-9-8-18(2)19(3)16-20)27(32)31(28(26)33)22-12-10-21(11-13-22)30(4)5/h7-16,29H,1-6H3. The van der Waals surface area contributed by atoms with E-state index in [0.717, 1.165) is 22.4 Å². The first-order chi connectivity index (χ1) is 16.2. The second kappa shape index (κ2) is 9.06. The number of imide groups is 1. The van der Waals surface area contributed by atoms with Crippen LogP contribution >= 0.6 is 0 Å². The molecular formula is C28H29N3O3. The molecule has 0 atom stereocenters. The van der Waals surface area contributed by atoms with Crippen LogP contribution in [-0.2, 0) is 9.59 Å². The first-order valence-electron chi connectivity index (χ1n) is 11.1. The van der Waals surface area contributed by atoms with E-state index in [1.165, 1.54) is 4.90 Å². The summed E-state index contributed by atoms with van der Waals surface area (Å²) in [6.07, 6.45) is 0. The molecule has 6 nitrogen and oxygen atoms in total. The Balaban J connectivity index is 1.84. The minimum atomic E-state index is -0.403. The van der Waals surface area contributed by atoms with Crippen LogP contribution in [0.4, 0.5) is 17.1 Å². The zero-order chi connectivity index (χ0) is 24.6. The minimum absolute atomic E-state index is 0.230. The monoisotopic (exact) mass is 455 g/mol. The molecule has 1 aliphatic heterocycles. The molecule has 0 radical (unpaired) electrons. The Hall–Kier alpha value is -4.06. The number of amides is 2. The van der Waals surface area contributed by atoms with Crippen LogP contribution in [0, 0.1) is 20.8 Å². The molecule has 0 fully saturated rings. The number of nitrogens with zero attached hydrogens (tertiary/aromatic N) is 2. The summed E-state index contributed by atoms with van der Waals surface area (Å²) in [6, 6.07) is 18.8. The number of benzene rings is 3. The quantitative estimate of drug-likeness (QED) is 0.525. The van der Waals surface area contributed by atoms with Crippen molar-refractivity contribution >= 4 is 34.4 Å². The van der Waals surface area contributed by atoms with Crippen molar-refractivity contribution in [3.63, 3.8) is 0 Å². The molecule has 1 aliphatic rings.